The molecule has 0 radical (unpaired) electrons. The monoisotopic (exact) mass is 284 g/mol. The van der Waals surface area contributed by atoms with E-state index in [1.807, 2.05) is 25.2 Å². The van der Waals surface area contributed by atoms with Crippen LogP contribution in [0.4, 0.5) is 5.82 Å². The number of hydrogen-bond donors (Lipinski definition) is 1. The SMILES string of the molecule is CNc1cccc(COc2ccc(C)cc2C(C)(C)C)n1. The first-order valence-electron chi connectivity index (χ1n) is 7.28. The number of anilines is 1. The third-order valence-corrected chi connectivity index (χ3v) is 3.38. The van der Waals surface area contributed by atoms with Gasteiger partial charge >= 0.3 is 0 Å². The summed E-state index contributed by atoms with van der Waals surface area (Å²) in [6, 6.07) is 12.2. The summed E-state index contributed by atoms with van der Waals surface area (Å²) >= 11 is 0. The van der Waals surface area contributed by atoms with E-state index in [4.69, 9.17) is 4.74 Å². The highest BCUT2D eigenvalue weighted by atomic mass is 16.5. The second-order valence-electron chi connectivity index (χ2n) is 6.30. The molecule has 2 aromatic rings. The summed E-state index contributed by atoms with van der Waals surface area (Å²) in [5.74, 6) is 1.79. The first kappa shape index (κ1) is 15.4. The van der Waals surface area contributed by atoms with Crippen LogP contribution in [0.15, 0.2) is 36.4 Å². The first-order valence-corrected chi connectivity index (χ1v) is 7.28. The van der Waals surface area contributed by atoms with Crippen molar-refractivity contribution in [3.05, 3.63) is 53.2 Å². The summed E-state index contributed by atoms with van der Waals surface area (Å²) in [4.78, 5) is 4.48. The van der Waals surface area contributed by atoms with Gasteiger partial charge in [0, 0.05) is 7.05 Å². The van der Waals surface area contributed by atoms with Gasteiger partial charge in [-0.25, -0.2) is 4.98 Å². The fourth-order valence-electron chi connectivity index (χ4n) is 2.21. The highest BCUT2D eigenvalue weighted by Gasteiger charge is 2.19. The van der Waals surface area contributed by atoms with Crippen molar-refractivity contribution in [3.8, 4) is 5.75 Å². The van der Waals surface area contributed by atoms with Gasteiger partial charge in [-0.2, -0.15) is 0 Å². The van der Waals surface area contributed by atoms with Crippen molar-refractivity contribution in [2.75, 3.05) is 12.4 Å². The molecule has 21 heavy (non-hydrogen) atoms. The smallest absolute Gasteiger partial charge is 0.130 e. The number of hydrogen-bond acceptors (Lipinski definition) is 3. The third kappa shape index (κ3) is 3.97. The average molecular weight is 284 g/mol. The van der Waals surface area contributed by atoms with Crippen molar-refractivity contribution < 1.29 is 4.74 Å². The minimum absolute atomic E-state index is 0.0571. The van der Waals surface area contributed by atoms with Gasteiger partial charge < -0.3 is 10.1 Å². The molecule has 0 bridgehead atoms. The number of nitrogens with zero attached hydrogens (tertiary/aromatic N) is 1. The minimum atomic E-state index is 0.0571. The van der Waals surface area contributed by atoms with Crippen LogP contribution in [-0.4, -0.2) is 12.0 Å². The molecule has 2 rings (SSSR count). The quantitative estimate of drug-likeness (QED) is 0.908. The maximum absolute atomic E-state index is 6.01. The van der Waals surface area contributed by atoms with Crippen molar-refractivity contribution in [3.63, 3.8) is 0 Å². The zero-order valence-corrected chi connectivity index (χ0v) is 13.5. The fraction of sp³-hybridized carbons (Fsp3) is 0.389. The first-order chi connectivity index (χ1) is 9.90. The molecule has 1 heterocycles. The Balaban J connectivity index is 2.20. The predicted octanol–water partition coefficient (Wildman–Crippen LogP) is 4.31. The lowest BCUT2D eigenvalue weighted by Crippen LogP contribution is -2.14. The maximum Gasteiger partial charge on any atom is 0.130 e. The van der Waals surface area contributed by atoms with Gasteiger partial charge in [-0.1, -0.05) is 44.5 Å². The summed E-state index contributed by atoms with van der Waals surface area (Å²) in [6.07, 6.45) is 0. The maximum atomic E-state index is 6.01. The van der Waals surface area contributed by atoms with E-state index < -0.39 is 0 Å². The van der Waals surface area contributed by atoms with Gasteiger partial charge in [-0.05, 0) is 36.1 Å². The molecule has 1 aromatic carbocycles. The van der Waals surface area contributed by atoms with Crippen LogP contribution in [-0.2, 0) is 12.0 Å². The Labute approximate surface area is 127 Å². The van der Waals surface area contributed by atoms with Gasteiger partial charge in [-0.3, -0.25) is 0 Å². The molecule has 1 aromatic heterocycles. The molecule has 0 amide bonds. The molecule has 0 saturated heterocycles. The zero-order chi connectivity index (χ0) is 15.5. The molecular weight excluding hydrogens is 260 g/mol. The molecule has 0 unspecified atom stereocenters. The van der Waals surface area contributed by atoms with Crippen LogP contribution in [0.1, 0.15) is 37.6 Å². The van der Waals surface area contributed by atoms with Crippen molar-refractivity contribution in [2.45, 2.75) is 39.7 Å². The molecule has 0 aliphatic rings. The highest BCUT2D eigenvalue weighted by Crippen LogP contribution is 2.32. The fourth-order valence-corrected chi connectivity index (χ4v) is 2.21. The van der Waals surface area contributed by atoms with Crippen LogP contribution in [0.5, 0.6) is 5.75 Å². The van der Waals surface area contributed by atoms with E-state index in [0.29, 0.717) is 6.61 Å². The topological polar surface area (TPSA) is 34.1 Å². The molecule has 0 aliphatic carbocycles. The number of benzene rings is 1. The number of ether oxygens (including phenoxy) is 1. The number of rotatable bonds is 4. The molecule has 0 aliphatic heterocycles. The van der Waals surface area contributed by atoms with Gasteiger partial charge in [0.1, 0.15) is 18.2 Å². The normalized spacial score (nSPS) is 11.3. The Morgan fingerprint density at radius 2 is 1.90 bits per heavy atom. The highest BCUT2D eigenvalue weighted by molar-refractivity contribution is 5.41. The molecule has 112 valence electrons. The second kappa shape index (κ2) is 6.17. The van der Waals surface area contributed by atoms with E-state index in [0.717, 1.165) is 17.3 Å². The molecule has 3 heteroatoms. The average Bonchev–Trinajstić information content (AvgIpc) is 2.45. The van der Waals surface area contributed by atoms with Crippen LogP contribution in [0, 0.1) is 6.92 Å². The van der Waals surface area contributed by atoms with Gasteiger partial charge in [0.2, 0.25) is 0 Å². The van der Waals surface area contributed by atoms with E-state index in [1.165, 1.54) is 11.1 Å². The van der Waals surface area contributed by atoms with Gasteiger partial charge in [-0.15, -0.1) is 0 Å². The lowest BCUT2D eigenvalue weighted by atomic mass is 9.85. The van der Waals surface area contributed by atoms with E-state index >= 15 is 0 Å². The van der Waals surface area contributed by atoms with E-state index in [-0.39, 0.29) is 5.41 Å². The van der Waals surface area contributed by atoms with Crippen LogP contribution < -0.4 is 10.1 Å². The molecule has 0 fully saturated rings. The molecule has 3 nitrogen and oxygen atoms in total. The minimum Gasteiger partial charge on any atom is -0.487 e. The van der Waals surface area contributed by atoms with Crippen molar-refractivity contribution in [1.29, 1.82) is 0 Å². The van der Waals surface area contributed by atoms with Crippen molar-refractivity contribution in [1.82, 2.24) is 4.98 Å². The lowest BCUT2D eigenvalue weighted by molar-refractivity contribution is 0.293. The number of nitrogens with one attached hydrogen (secondary N) is 1. The van der Waals surface area contributed by atoms with Crippen LogP contribution in [0.3, 0.4) is 0 Å². The largest absolute Gasteiger partial charge is 0.487 e. The molecule has 0 saturated carbocycles. The standard InChI is InChI=1S/C18H24N2O/c1-13-9-10-16(15(11-13)18(2,3)4)21-12-14-7-6-8-17(19-5)20-14/h6-11H,12H2,1-5H3,(H,19,20). The summed E-state index contributed by atoms with van der Waals surface area (Å²) in [6.45, 7) is 9.19. The summed E-state index contributed by atoms with van der Waals surface area (Å²) in [7, 11) is 1.87. The zero-order valence-electron chi connectivity index (χ0n) is 13.5. The number of aromatic nitrogens is 1. The van der Waals surface area contributed by atoms with Crippen molar-refractivity contribution >= 4 is 5.82 Å². The Morgan fingerprint density at radius 1 is 1.14 bits per heavy atom. The predicted molar refractivity (Wildman–Crippen MR) is 88.0 cm³/mol. The molecule has 1 N–H and O–H groups in total. The Morgan fingerprint density at radius 3 is 2.57 bits per heavy atom. The summed E-state index contributed by atoms with van der Waals surface area (Å²) in [5, 5.41) is 3.04. The number of aryl methyl sites for hydroxylation is 1. The molecule has 0 atom stereocenters. The number of pyridine rings is 1. The van der Waals surface area contributed by atoms with Crippen molar-refractivity contribution in [2.24, 2.45) is 0 Å². The Bertz CT molecular complexity index is 615. The molecular formula is C18H24N2O. The van der Waals surface area contributed by atoms with E-state index in [1.54, 1.807) is 0 Å². The van der Waals surface area contributed by atoms with E-state index in [2.05, 4.69) is 56.2 Å². The van der Waals surface area contributed by atoms with Crippen LogP contribution >= 0.6 is 0 Å². The third-order valence-electron chi connectivity index (χ3n) is 3.38. The van der Waals surface area contributed by atoms with Crippen LogP contribution in [0.25, 0.3) is 0 Å². The van der Waals surface area contributed by atoms with Gasteiger partial charge in [0.25, 0.3) is 0 Å². The van der Waals surface area contributed by atoms with Crippen LogP contribution in [0.2, 0.25) is 0 Å². The summed E-state index contributed by atoms with van der Waals surface area (Å²) < 4.78 is 6.01. The molecule has 0 spiro atoms. The van der Waals surface area contributed by atoms with Gasteiger partial charge in [0.15, 0.2) is 0 Å². The van der Waals surface area contributed by atoms with E-state index in [9.17, 15) is 0 Å². The van der Waals surface area contributed by atoms with Gasteiger partial charge in [0.05, 0.1) is 5.69 Å². The Kier molecular flexibility index (Phi) is 4.51. The Hall–Kier alpha value is -2.03. The lowest BCUT2D eigenvalue weighted by Gasteiger charge is -2.23. The summed E-state index contributed by atoms with van der Waals surface area (Å²) in [5.41, 5.74) is 3.46. The second-order valence-corrected chi connectivity index (χ2v) is 6.30.